The zero-order valence-electron chi connectivity index (χ0n) is 16.9. The van der Waals surface area contributed by atoms with Crippen LogP contribution in [-0.4, -0.2) is 27.7 Å². The number of hydrogen-bond donors (Lipinski definition) is 1. The van der Waals surface area contributed by atoms with Gasteiger partial charge in [-0.3, -0.25) is 14.6 Å². The molecule has 0 unspecified atom stereocenters. The van der Waals surface area contributed by atoms with Crippen LogP contribution in [0.2, 0.25) is 0 Å². The molecule has 0 bridgehead atoms. The molecule has 0 saturated heterocycles. The Morgan fingerprint density at radius 2 is 1.75 bits per heavy atom. The van der Waals surface area contributed by atoms with Crippen molar-refractivity contribution in [2.24, 2.45) is 0 Å². The second-order valence-corrected chi connectivity index (χ2v) is 7.62. The van der Waals surface area contributed by atoms with Crippen LogP contribution in [0.25, 0.3) is 0 Å². The lowest BCUT2D eigenvalue weighted by Gasteiger charge is -2.22. The highest BCUT2D eigenvalue weighted by Gasteiger charge is 2.32. The van der Waals surface area contributed by atoms with Crippen molar-refractivity contribution >= 4 is 11.8 Å². The van der Waals surface area contributed by atoms with E-state index in [1.807, 2.05) is 0 Å². The minimum atomic E-state index is -4.58. The number of furan rings is 1. The summed E-state index contributed by atoms with van der Waals surface area (Å²) in [6.07, 6.45) is -0.196. The topological polar surface area (TPSA) is 75.4 Å². The quantitative estimate of drug-likeness (QED) is 0.586. The van der Waals surface area contributed by atoms with Crippen molar-refractivity contribution in [3.63, 3.8) is 0 Å². The first kappa shape index (κ1) is 21.6. The number of nitrogens with one attached hydrogen (secondary N) is 1. The lowest BCUT2D eigenvalue weighted by Crippen LogP contribution is -2.30. The number of amides is 2. The summed E-state index contributed by atoms with van der Waals surface area (Å²) >= 11 is 0. The summed E-state index contributed by atoms with van der Waals surface area (Å²) in [6, 6.07) is 12.4. The molecule has 2 amide bonds. The third-order valence-corrected chi connectivity index (χ3v) is 5.02. The van der Waals surface area contributed by atoms with Crippen LogP contribution in [0.5, 0.6) is 0 Å². The number of pyridine rings is 1. The number of carbonyl (C=O) groups excluding carboxylic acids is 2. The lowest BCUT2D eigenvalue weighted by molar-refractivity contribution is -0.141. The molecule has 1 saturated carbocycles. The Balaban J connectivity index is 1.51. The maximum Gasteiger partial charge on any atom is 0.433 e. The van der Waals surface area contributed by atoms with Gasteiger partial charge in [0.05, 0.1) is 18.4 Å². The van der Waals surface area contributed by atoms with E-state index in [-0.39, 0.29) is 30.6 Å². The van der Waals surface area contributed by atoms with E-state index in [2.05, 4.69) is 10.3 Å². The fourth-order valence-corrected chi connectivity index (χ4v) is 3.14. The zero-order valence-corrected chi connectivity index (χ0v) is 16.9. The monoisotopic (exact) mass is 443 g/mol. The average molecular weight is 443 g/mol. The molecule has 2 aromatic heterocycles. The fraction of sp³-hybridized carbons (Fsp3) is 0.261. The molecular formula is C23H20F3N3O3. The van der Waals surface area contributed by atoms with Crippen molar-refractivity contribution in [2.45, 2.75) is 38.1 Å². The molecule has 2 heterocycles. The van der Waals surface area contributed by atoms with Crippen molar-refractivity contribution in [2.75, 3.05) is 0 Å². The van der Waals surface area contributed by atoms with E-state index < -0.39 is 17.8 Å². The van der Waals surface area contributed by atoms with Gasteiger partial charge in [-0.1, -0.05) is 12.1 Å². The number of alkyl halides is 3. The Morgan fingerprint density at radius 1 is 1.03 bits per heavy atom. The van der Waals surface area contributed by atoms with Gasteiger partial charge in [-0.2, -0.15) is 13.2 Å². The van der Waals surface area contributed by atoms with Crippen molar-refractivity contribution < 1.29 is 27.2 Å². The molecule has 4 rings (SSSR count). The predicted molar refractivity (Wildman–Crippen MR) is 108 cm³/mol. The molecule has 9 heteroatoms. The maximum atomic E-state index is 13.0. The van der Waals surface area contributed by atoms with Crippen molar-refractivity contribution in [1.29, 1.82) is 0 Å². The average Bonchev–Trinajstić information content (AvgIpc) is 3.44. The van der Waals surface area contributed by atoms with Crippen LogP contribution in [-0.2, 0) is 19.3 Å². The highest BCUT2D eigenvalue weighted by molar-refractivity contribution is 5.95. The molecule has 0 spiro atoms. The van der Waals surface area contributed by atoms with E-state index in [0.29, 0.717) is 11.3 Å². The van der Waals surface area contributed by atoms with Gasteiger partial charge in [0.25, 0.3) is 11.8 Å². The SMILES string of the molecule is O=C(NC1CC1)c1ccc(CN(Cc2ccco2)C(=O)c2ccc(C(F)(F)F)nc2)cc1. The first-order valence-corrected chi connectivity index (χ1v) is 10.0. The molecule has 1 aromatic carbocycles. The Hall–Kier alpha value is -3.62. The highest BCUT2D eigenvalue weighted by Crippen LogP contribution is 2.27. The van der Waals surface area contributed by atoms with Gasteiger partial charge in [0.1, 0.15) is 11.5 Å². The van der Waals surface area contributed by atoms with Gasteiger partial charge in [-0.05, 0) is 54.8 Å². The Morgan fingerprint density at radius 3 is 2.31 bits per heavy atom. The van der Waals surface area contributed by atoms with Gasteiger partial charge < -0.3 is 14.6 Å². The van der Waals surface area contributed by atoms with Gasteiger partial charge in [0, 0.05) is 24.3 Å². The summed E-state index contributed by atoms with van der Waals surface area (Å²) in [7, 11) is 0. The van der Waals surface area contributed by atoms with Crippen LogP contribution >= 0.6 is 0 Å². The molecule has 1 fully saturated rings. The van der Waals surface area contributed by atoms with Gasteiger partial charge >= 0.3 is 6.18 Å². The summed E-state index contributed by atoms with van der Waals surface area (Å²) < 4.78 is 43.7. The van der Waals surface area contributed by atoms with Crippen molar-refractivity contribution in [3.05, 3.63) is 89.1 Å². The fourth-order valence-electron chi connectivity index (χ4n) is 3.14. The van der Waals surface area contributed by atoms with E-state index in [1.54, 1.807) is 36.4 Å². The molecule has 166 valence electrons. The van der Waals surface area contributed by atoms with Crippen LogP contribution in [0.15, 0.2) is 65.4 Å². The van der Waals surface area contributed by atoms with E-state index in [4.69, 9.17) is 4.42 Å². The minimum Gasteiger partial charge on any atom is -0.467 e. The molecule has 0 atom stereocenters. The number of carbonyl (C=O) groups is 2. The second-order valence-electron chi connectivity index (χ2n) is 7.62. The maximum absolute atomic E-state index is 13.0. The van der Waals surface area contributed by atoms with Crippen LogP contribution in [0.4, 0.5) is 13.2 Å². The Kier molecular flexibility index (Phi) is 5.98. The predicted octanol–water partition coefficient (Wildman–Crippen LogP) is 4.43. The van der Waals surface area contributed by atoms with Crippen molar-refractivity contribution in [1.82, 2.24) is 15.2 Å². The molecular weight excluding hydrogens is 423 g/mol. The van der Waals surface area contributed by atoms with Crippen LogP contribution < -0.4 is 5.32 Å². The van der Waals surface area contributed by atoms with Crippen LogP contribution in [0.1, 0.15) is 50.6 Å². The molecule has 1 aliphatic rings. The Labute approximate surface area is 182 Å². The van der Waals surface area contributed by atoms with E-state index >= 15 is 0 Å². The summed E-state index contributed by atoms with van der Waals surface area (Å²) in [5.41, 5.74) is 0.251. The lowest BCUT2D eigenvalue weighted by atomic mass is 10.1. The third-order valence-electron chi connectivity index (χ3n) is 5.02. The molecule has 0 radical (unpaired) electrons. The Bertz CT molecular complexity index is 1070. The third kappa shape index (κ3) is 5.35. The normalized spacial score (nSPS) is 13.6. The second kappa shape index (κ2) is 8.86. The number of aromatic nitrogens is 1. The zero-order chi connectivity index (χ0) is 22.7. The molecule has 1 N–H and O–H groups in total. The van der Waals surface area contributed by atoms with E-state index in [1.165, 1.54) is 11.2 Å². The summed E-state index contributed by atoms with van der Waals surface area (Å²) in [6.45, 7) is 0.294. The highest BCUT2D eigenvalue weighted by atomic mass is 19.4. The smallest absolute Gasteiger partial charge is 0.433 e. The summed E-state index contributed by atoms with van der Waals surface area (Å²) in [5.74, 6) is -0.102. The number of halogens is 3. The van der Waals surface area contributed by atoms with Gasteiger partial charge in [-0.25, -0.2) is 0 Å². The van der Waals surface area contributed by atoms with E-state index in [9.17, 15) is 22.8 Å². The minimum absolute atomic E-state index is 0.0324. The number of hydrogen-bond acceptors (Lipinski definition) is 4. The standard InChI is InChI=1S/C23H20F3N3O3/c24-23(25,26)20-10-7-17(12-27-20)22(31)29(14-19-2-1-11-32-19)13-15-3-5-16(6-4-15)21(30)28-18-8-9-18/h1-7,10-12,18H,8-9,13-14H2,(H,28,30). The van der Waals surface area contributed by atoms with Gasteiger partial charge in [-0.15, -0.1) is 0 Å². The molecule has 6 nitrogen and oxygen atoms in total. The molecule has 3 aromatic rings. The van der Waals surface area contributed by atoms with Gasteiger partial charge in [0.15, 0.2) is 0 Å². The number of rotatable bonds is 7. The van der Waals surface area contributed by atoms with Gasteiger partial charge in [0.2, 0.25) is 0 Å². The first-order valence-electron chi connectivity index (χ1n) is 10.0. The molecule has 0 aliphatic heterocycles. The van der Waals surface area contributed by atoms with Crippen LogP contribution in [0, 0.1) is 0 Å². The number of benzene rings is 1. The largest absolute Gasteiger partial charge is 0.467 e. The van der Waals surface area contributed by atoms with Crippen molar-refractivity contribution in [3.8, 4) is 0 Å². The van der Waals surface area contributed by atoms with Crippen LogP contribution in [0.3, 0.4) is 0 Å². The van der Waals surface area contributed by atoms with E-state index in [0.717, 1.165) is 36.7 Å². The molecule has 32 heavy (non-hydrogen) atoms. The first-order chi connectivity index (χ1) is 15.3. The molecule has 1 aliphatic carbocycles. The summed E-state index contributed by atoms with van der Waals surface area (Å²) in [5, 5.41) is 2.91. The summed E-state index contributed by atoms with van der Waals surface area (Å²) in [4.78, 5) is 30.0. The number of nitrogens with zero attached hydrogens (tertiary/aromatic N) is 2.